The normalized spacial score (nSPS) is 26.2. The predicted molar refractivity (Wildman–Crippen MR) is 69.8 cm³/mol. The molecule has 0 bridgehead atoms. The minimum Gasteiger partial charge on any atom is -0.481 e. The second-order valence-electron chi connectivity index (χ2n) is 5.90. The van der Waals surface area contributed by atoms with Gasteiger partial charge in [0, 0.05) is 13.6 Å². The van der Waals surface area contributed by atoms with E-state index in [0.29, 0.717) is 23.7 Å². The Morgan fingerprint density at radius 1 is 1.33 bits per heavy atom. The van der Waals surface area contributed by atoms with Crippen LogP contribution in [0.2, 0.25) is 0 Å². The lowest BCUT2D eigenvalue weighted by atomic mass is 9.71. The number of nitrogens with zero attached hydrogens (tertiary/aromatic N) is 1. The number of halogens is 3. The number of rotatable bonds is 4. The van der Waals surface area contributed by atoms with Crippen LogP contribution in [0.25, 0.3) is 0 Å². The summed E-state index contributed by atoms with van der Waals surface area (Å²) in [7, 11) is 1.03. The molecule has 0 unspecified atom stereocenters. The Labute approximate surface area is 121 Å². The van der Waals surface area contributed by atoms with Crippen molar-refractivity contribution in [1.29, 1.82) is 0 Å². The summed E-state index contributed by atoms with van der Waals surface area (Å²) in [5.74, 6) is -0.575. The van der Waals surface area contributed by atoms with Crippen LogP contribution in [0.15, 0.2) is 0 Å². The highest BCUT2D eigenvalue weighted by atomic mass is 19.4. The Hall–Kier alpha value is -1.47. The average Bonchev–Trinajstić information content (AvgIpc) is 2.35. The van der Waals surface area contributed by atoms with Gasteiger partial charge in [-0.3, -0.25) is 4.79 Å². The number of carbonyl (C=O) groups is 2. The smallest absolute Gasteiger partial charge is 0.406 e. The minimum atomic E-state index is -4.48. The molecule has 0 heterocycles. The molecule has 8 heteroatoms. The van der Waals surface area contributed by atoms with E-state index in [1.807, 2.05) is 6.92 Å². The molecule has 0 aromatic rings. The third-order valence-electron chi connectivity index (χ3n) is 4.03. The fraction of sp³-hybridized carbons (Fsp3) is 0.846. The summed E-state index contributed by atoms with van der Waals surface area (Å²) in [5.41, 5.74) is -1.07. The Bertz CT molecular complexity index is 391. The number of carboxylic acid groups (broad SMARTS) is 1. The average molecular weight is 310 g/mol. The number of alkyl halides is 3. The largest absolute Gasteiger partial charge is 0.481 e. The maximum absolute atomic E-state index is 12.2. The fourth-order valence-corrected chi connectivity index (χ4v) is 2.50. The molecule has 2 amide bonds. The number of carbonyl (C=O) groups excluding carboxylic acids is 1. The number of aliphatic carboxylic acids is 1. The fourth-order valence-electron chi connectivity index (χ4n) is 2.50. The van der Waals surface area contributed by atoms with E-state index >= 15 is 0 Å². The third kappa shape index (κ3) is 5.09. The lowest BCUT2D eigenvalue weighted by Crippen LogP contribution is -2.49. The molecule has 1 saturated carbocycles. The number of hydrogen-bond acceptors (Lipinski definition) is 2. The van der Waals surface area contributed by atoms with Gasteiger partial charge in [-0.2, -0.15) is 13.2 Å². The molecule has 5 nitrogen and oxygen atoms in total. The topological polar surface area (TPSA) is 69.6 Å². The van der Waals surface area contributed by atoms with Crippen LogP contribution in [-0.2, 0) is 4.79 Å². The number of urea groups is 1. The van der Waals surface area contributed by atoms with E-state index in [-0.39, 0.29) is 6.54 Å². The van der Waals surface area contributed by atoms with Crippen LogP contribution >= 0.6 is 0 Å². The van der Waals surface area contributed by atoms with Gasteiger partial charge in [-0.15, -0.1) is 0 Å². The summed E-state index contributed by atoms with van der Waals surface area (Å²) in [4.78, 5) is 23.6. The summed E-state index contributed by atoms with van der Waals surface area (Å²) < 4.78 is 36.6. The van der Waals surface area contributed by atoms with Gasteiger partial charge in [0.1, 0.15) is 6.54 Å². The highest BCUT2D eigenvalue weighted by Gasteiger charge is 2.41. The van der Waals surface area contributed by atoms with Crippen molar-refractivity contribution in [3.63, 3.8) is 0 Å². The van der Waals surface area contributed by atoms with E-state index in [1.54, 1.807) is 0 Å². The molecule has 122 valence electrons. The van der Waals surface area contributed by atoms with Gasteiger partial charge in [0.25, 0.3) is 0 Å². The zero-order valence-electron chi connectivity index (χ0n) is 12.2. The zero-order chi connectivity index (χ0) is 16.3. The summed E-state index contributed by atoms with van der Waals surface area (Å²) >= 11 is 0. The van der Waals surface area contributed by atoms with Gasteiger partial charge in [-0.05, 0) is 31.6 Å². The first-order chi connectivity index (χ1) is 9.56. The molecule has 0 saturated heterocycles. The first kappa shape index (κ1) is 17.6. The van der Waals surface area contributed by atoms with Gasteiger partial charge in [0.05, 0.1) is 5.41 Å². The standard InChI is InChI=1S/C13H21F3N2O3/c1-9-3-5-12(6-4-9,10(19)20)7-17-11(21)18(2)8-13(14,15)16/h9H,3-8H2,1-2H3,(H,17,21)(H,19,20). The lowest BCUT2D eigenvalue weighted by Gasteiger charge is -2.36. The lowest BCUT2D eigenvalue weighted by molar-refractivity contribution is -0.151. The van der Waals surface area contributed by atoms with Crippen LogP contribution in [0.5, 0.6) is 0 Å². The predicted octanol–water partition coefficient (Wildman–Crippen LogP) is 2.47. The monoisotopic (exact) mass is 310 g/mol. The van der Waals surface area contributed by atoms with Crippen molar-refractivity contribution in [3.05, 3.63) is 0 Å². The van der Waals surface area contributed by atoms with E-state index < -0.39 is 30.1 Å². The van der Waals surface area contributed by atoms with Crippen LogP contribution in [-0.4, -0.2) is 48.3 Å². The van der Waals surface area contributed by atoms with Crippen molar-refractivity contribution in [1.82, 2.24) is 10.2 Å². The summed E-state index contributed by atoms with van der Waals surface area (Å²) in [6.07, 6.45) is -2.16. The van der Waals surface area contributed by atoms with Crippen molar-refractivity contribution in [2.45, 2.75) is 38.8 Å². The second-order valence-corrected chi connectivity index (χ2v) is 5.90. The Morgan fingerprint density at radius 2 is 1.86 bits per heavy atom. The first-order valence-corrected chi connectivity index (χ1v) is 6.85. The molecule has 21 heavy (non-hydrogen) atoms. The highest BCUT2D eigenvalue weighted by Crippen LogP contribution is 2.38. The highest BCUT2D eigenvalue weighted by molar-refractivity contribution is 5.78. The second kappa shape index (κ2) is 6.53. The maximum atomic E-state index is 12.2. The Kier molecular flexibility index (Phi) is 5.47. The van der Waals surface area contributed by atoms with Crippen LogP contribution in [0.1, 0.15) is 32.6 Å². The van der Waals surface area contributed by atoms with Crippen molar-refractivity contribution < 1.29 is 27.9 Å². The molecule has 1 rings (SSSR count). The Morgan fingerprint density at radius 3 is 2.29 bits per heavy atom. The molecule has 0 atom stereocenters. The van der Waals surface area contributed by atoms with Gasteiger partial charge in [0.15, 0.2) is 0 Å². The van der Waals surface area contributed by atoms with Crippen LogP contribution in [0, 0.1) is 11.3 Å². The van der Waals surface area contributed by atoms with E-state index in [9.17, 15) is 27.9 Å². The van der Waals surface area contributed by atoms with E-state index in [1.165, 1.54) is 0 Å². The molecular formula is C13H21F3N2O3. The minimum absolute atomic E-state index is 0.143. The maximum Gasteiger partial charge on any atom is 0.406 e. The molecule has 0 spiro atoms. The van der Waals surface area contributed by atoms with E-state index in [0.717, 1.165) is 19.9 Å². The third-order valence-corrected chi connectivity index (χ3v) is 4.03. The molecule has 0 aromatic heterocycles. The number of carboxylic acids is 1. The molecule has 2 N–H and O–H groups in total. The van der Waals surface area contributed by atoms with Crippen LogP contribution in [0.3, 0.4) is 0 Å². The first-order valence-electron chi connectivity index (χ1n) is 6.85. The zero-order valence-corrected chi connectivity index (χ0v) is 12.2. The van der Waals surface area contributed by atoms with Crippen molar-refractivity contribution in [2.24, 2.45) is 11.3 Å². The summed E-state index contributed by atoms with van der Waals surface area (Å²) in [5, 5.41) is 11.7. The Balaban J connectivity index is 2.58. The molecule has 0 radical (unpaired) electrons. The van der Waals surface area contributed by atoms with Crippen molar-refractivity contribution in [2.75, 3.05) is 20.1 Å². The van der Waals surface area contributed by atoms with Gasteiger partial charge in [-0.1, -0.05) is 6.92 Å². The number of nitrogens with one attached hydrogen (secondary N) is 1. The quantitative estimate of drug-likeness (QED) is 0.838. The van der Waals surface area contributed by atoms with Gasteiger partial charge >= 0.3 is 18.2 Å². The number of amides is 2. The van der Waals surface area contributed by atoms with Crippen LogP contribution in [0.4, 0.5) is 18.0 Å². The summed E-state index contributed by atoms with van der Waals surface area (Å²) in [6, 6.07) is -0.911. The molecule has 0 aliphatic heterocycles. The molecule has 1 fully saturated rings. The van der Waals surface area contributed by atoms with Crippen LogP contribution < -0.4 is 5.32 Å². The SMILES string of the molecule is CC1CCC(CNC(=O)N(C)CC(F)(F)F)(C(=O)O)CC1. The summed E-state index contributed by atoms with van der Waals surface area (Å²) in [6.45, 7) is 0.521. The van der Waals surface area contributed by atoms with E-state index in [4.69, 9.17) is 0 Å². The molecular weight excluding hydrogens is 289 g/mol. The number of hydrogen-bond donors (Lipinski definition) is 2. The van der Waals surface area contributed by atoms with E-state index in [2.05, 4.69) is 5.32 Å². The molecule has 0 aromatic carbocycles. The molecule has 1 aliphatic carbocycles. The molecule has 1 aliphatic rings. The van der Waals surface area contributed by atoms with Gasteiger partial charge < -0.3 is 15.3 Å². The van der Waals surface area contributed by atoms with Crippen molar-refractivity contribution >= 4 is 12.0 Å². The van der Waals surface area contributed by atoms with Gasteiger partial charge in [-0.25, -0.2) is 4.79 Å². The van der Waals surface area contributed by atoms with Crippen molar-refractivity contribution in [3.8, 4) is 0 Å². The van der Waals surface area contributed by atoms with Gasteiger partial charge in [0.2, 0.25) is 0 Å².